The highest BCUT2D eigenvalue weighted by Crippen LogP contribution is 2.39. The highest BCUT2D eigenvalue weighted by Gasteiger charge is 2.45. The number of hydrogen-bond acceptors (Lipinski definition) is 4. The summed E-state index contributed by atoms with van der Waals surface area (Å²) in [4.78, 5) is 34.6. The van der Waals surface area contributed by atoms with Gasteiger partial charge in [-0.1, -0.05) is 6.07 Å². The van der Waals surface area contributed by atoms with Gasteiger partial charge in [0, 0.05) is 12.7 Å². The molecule has 128 valence electrons. The minimum Gasteiger partial charge on any atom is -0.481 e. The maximum Gasteiger partial charge on any atom is 0.419 e. The van der Waals surface area contributed by atoms with E-state index in [1.165, 1.54) is 17.5 Å². The topological polar surface area (TPSA) is 96.6 Å². The van der Waals surface area contributed by atoms with Crippen molar-refractivity contribution in [2.24, 2.45) is 7.05 Å². The number of carboxylic acids is 2. The van der Waals surface area contributed by atoms with Crippen LogP contribution in [0.4, 0.5) is 13.2 Å². The Bertz CT molecular complexity index is 821. The van der Waals surface area contributed by atoms with Crippen LogP contribution in [0.2, 0.25) is 0 Å². The number of rotatable bonds is 5. The van der Waals surface area contributed by atoms with Crippen molar-refractivity contribution in [3.8, 4) is 0 Å². The van der Waals surface area contributed by atoms with Crippen LogP contribution in [0.1, 0.15) is 37.0 Å². The Hall–Kier alpha value is -2.62. The lowest BCUT2D eigenvalue weighted by molar-refractivity contribution is -0.139. The molecule has 0 amide bonds. The lowest BCUT2D eigenvalue weighted by atomic mass is 10.0. The van der Waals surface area contributed by atoms with E-state index < -0.39 is 52.8 Å². The first-order valence-corrected chi connectivity index (χ1v) is 7.25. The zero-order valence-electron chi connectivity index (χ0n) is 12.0. The number of alkyl halides is 3. The summed E-state index contributed by atoms with van der Waals surface area (Å²) < 4.78 is 41.0. The van der Waals surface area contributed by atoms with Crippen molar-refractivity contribution in [1.82, 2.24) is 4.57 Å². The average molecular weight is 361 g/mol. The lowest BCUT2D eigenvalue weighted by Crippen LogP contribution is -2.17. The molecule has 2 aromatic rings. The van der Waals surface area contributed by atoms with Crippen LogP contribution in [0.25, 0.3) is 0 Å². The average Bonchev–Trinajstić information content (AvgIpc) is 3.04. The number of aromatic nitrogens is 1. The zero-order chi connectivity index (χ0) is 18.2. The van der Waals surface area contributed by atoms with Crippen LogP contribution in [0.3, 0.4) is 0 Å². The molecule has 2 aromatic heterocycles. The van der Waals surface area contributed by atoms with Gasteiger partial charge in [-0.3, -0.25) is 9.59 Å². The summed E-state index contributed by atoms with van der Waals surface area (Å²) in [5.41, 5.74) is -4.33. The van der Waals surface area contributed by atoms with E-state index in [9.17, 15) is 27.6 Å². The fourth-order valence-electron chi connectivity index (χ4n) is 2.38. The third-order valence-electron chi connectivity index (χ3n) is 3.29. The summed E-state index contributed by atoms with van der Waals surface area (Å²) in [6.07, 6.45) is -6.09. The van der Waals surface area contributed by atoms with Gasteiger partial charge in [-0.2, -0.15) is 13.2 Å². The third-order valence-corrected chi connectivity index (χ3v) is 4.16. The van der Waals surface area contributed by atoms with Gasteiger partial charge in [0.1, 0.15) is 5.69 Å². The zero-order valence-corrected chi connectivity index (χ0v) is 12.9. The quantitative estimate of drug-likeness (QED) is 0.798. The van der Waals surface area contributed by atoms with Gasteiger partial charge < -0.3 is 14.8 Å². The molecule has 0 fully saturated rings. The fourth-order valence-corrected chi connectivity index (χ4v) is 3.04. The largest absolute Gasteiger partial charge is 0.481 e. The Kier molecular flexibility index (Phi) is 4.52. The van der Waals surface area contributed by atoms with E-state index in [4.69, 9.17) is 10.2 Å². The molecule has 2 rings (SSSR count). The van der Waals surface area contributed by atoms with E-state index in [-0.39, 0.29) is 4.88 Å². The number of thiophene rings is 1. The molecular formula is C14H10F3NO5S. The van der Waals surface area contributed by atoms with Crippen LogP contribution in [-0.2, 0) is 24.4 Å². The third kappa shape index (κ3) is 3.04. The minimum atomic E-state index is -5.13. The standard InChI is InChI=1S/C14H10F3NO5S/c1-18-6(5-8(19)20)9(13(22)23)10(14(15,16)17)11(18)12(21)7-3-2-4-24-7/h2-4H,5H2,1H3,(H,19,20)(H,22,23). The fraction of sp³-hybridized carbons (Fsp3) is 0.214. The smallest absolute Gasteiger partial charge is 0.419 e. The van der Waals surface area contributed by atoms with Crippen LogP contribution < -0.4 is 0 Å². The van der Waals surface area contributed by atoms with E-state index in [2.05, 4.69) is 0 Å². The number of carbonyl (C=O) groups is 3. The van der Waals surface area contributed by atoms with Crippen LogP contribution in [0, 0.1) is 0 Å². The molecule has 0 saturated carbocycles. The molecule has 0 aliphatic heterocycles. The van der Waals surface area contributed by atoms with E-state index in [1.54, 1.807) is 0 Å². The summed E-state index contributed by atoms with van der Waals surface area (Å²) in [6, 6.07) is 2.77. The molecule has 10 heteroatoms. The number of aromatic carboxylic acids is 1. The number of carboxylic acid groups (broad SMARTS) is 2. The number of aliphatic carboxylic acids is 1. The second kappa shape index (κ2) is 6.11. The van der Waals surface area contributed by atoms with Gasteiger partial charge in [0.2, 0.25) is 5.78 Å². The maximum absolute atomic E-state index is 13.4. The monoisotopic (exact) mass is 361 g/mol. The molecule has 0 bridgehead atoms. The van der Waals surface area contributed by atoms with Crippen LogP contribution in [-0.4, -0.2) is 32.5 Å². The molecule has 2 N–H and O–H groups in total. The summed E-state index contributed by atoms with van der Waals surface area (Å²) >= 11 is 0.897. The van der Waals surface area contributed by atoms with Gasteiger partial charge in [-0.15, -0.1) is 11.3 Å². The van der Waals surface area contributed by atoms with Gasteiger partial charge in [0.05, 0.1) is 22.4 Å². The second-order valence-electron chi connectivity index (χ2n) is 4.78. The minimum absolute atomic E-state index is 0.0140. The van der Waals surface area contributed by atoms with Crippen molar-refractivity contribution < 1.29 is 37.8 Å². The van der Waals surface area contributed by atoms with Crippen molar-refractivity contribution in [1.29, 1.82) is 0 Å². The Morgan fingerprint density at radius 1 is 1.25 bits per heavy atom. The van der Waals surface area contributed by atoms with Gasteiger partial charge in [0.15, 0.2) is 0 Å². The first-order valence-electron chi connectivity index (χ1n) is 6.37. The van der Waals surface area contributed by atoms with E-state index in [0.29, 0.717) is 4.57 Å². The predicted octanol–water partition coefficient (Wildman–Crippen LogP) is 2.66. The normalized spacial score (nSPS) is 11.5. The maximum atomic E-state index is 13.4. The number of nitrogens with zero attached hydrogens (tertiary/aromatic N) is 1. The molecule has 0 aliphatic rings. The van der Waals surface area contributed by atoms with Crippen LogP contribution in [0.5, 0.6) is 0 Å². The Morgan fingerprint density at radius 3 is 2.29 bits per heavy atom. The van der Waals surface area contributed by atoms with E-state index in [1.807, 2.05) is 0 Å². The molecular weight excluding hydrogens is 351 g/mol. The molecule has 0 saturated heterocycles. The van der Waals surface area contributed by atoms with Crippen molar-refractivity contribution in [3.05, 3.63) is 44.9 Å². The van der Waals surface area contributed by atoms with Crippen LogP contribution in [0.15, 0.2) is 17.5 Å². The summed E-state index contributed by atoms with van der Waals surface area (Å²) in [6.45, 7) is 0. The number of ketones is 1. The number of halogens is 3. The Balaban J connectivity index is 2.85. The van der Waals surface area contributed by atoms with Gasteiger partial charge in [-0.25, -0.2) is 4.79 Å². The molecule has 2 heterocycles. The number of carbonyl (C=O) groups excluding carboxylic acids is 1. The van der Waals surface area contributed by atoms with Crippen molar-refractivity contribution in [2.75, 3.05) is 0 Å². The summed E-state index contributed by atoms with van der Waals surface area (Å²) in [5, 5.41) is 19.5. The first kappa shape index (κ1) is 17.7. The van der Waals surface area contributed by atoms with Crippen LogP contribution >= 0.6 is 11.3 Å². The summed E-state index contributed by atoms with van der Waals surface area (Å²) in [7, 11) is 1.04. The lowest BCUT2D eigenvalue weighted by Gasteiger charge is -2.09. The van der Waals surface area contributed by atoms with Gasteiger partial charge >= 0.3 is 18.1 Å². The van der Waals surface area contributed by atoms with E-state index in [0.717, 1.165) is 18.4 Å². The highest BCUT2D eigenvalue weighted by atomic mass is 32.1. The van der Waals surface area contributed by atoms with Gasteiger partial charge in [0.25, 0.3) is 0 Å². The SMILES string of the molecule is Cn1c(CC(=O)O)c(C(=O)O)c(C(F)(F)F)c1C(=O)c1cccs1. The van der Waals surface area contributed by atoms with Crippen molar-refractivity contribution in [2.45, 2.75) is 12.6 Å². The van der Waals surface area contributed by atoms with E-state index >= 15 is 0 Å². The van der Waals surface area contributed by atoms with Crippen molar-refractivity contribution >= 4 is 29.1 Å². The molecule has 0 unspecified atom stereocenters. The molecule has 6 nitrogen and oxygen atoms in total. The highest BCUT2D eigenvalue weighted by molar-refractivity contribution is 7.12. The molecule has 24 heavy (non-hydrogen) atoms. The first-order chi connectivity index (χ1) is 11.1. The van der Waals surface area contributed by atoms with Gasteiger partial charge in [-0.05, 0) is 11.4 Å². The van der Waals surface area contributed by atoms with Crippen molar-refractivity contribution in [3.63, 3.8) is 0 Å². The molecule has 0 radical (unpaired) electrons. The Labute approximate surface area is 136 Å². The summed E-state index contributed by atoms with van der Waals surface area (Å²) in [5.74, 6) is -4.47. The molecule has 0 aromatic carbocycles. The molecule has 0 atom stereocenters. The number of hydrogen-bond donors (Lipinski definition) is 2. The molecule has 0 spiro atoms. The second-order valence-corrected chi connectivity index (χ2v) is 5.73. The predicted molar refractivity (Wildman–Crippen MR) is 76.5 cm³/mol. The molecule has 0 aliphatic carbocycles. The Morgan fingerprint density at radius 2 is 1.88 bits per heavy atom.